The Bertz CT molecular complexity index is 1180. The van der Waals surface area contributed by atoms with Gasteiger partial charge in [-0.25, -0.2) is 0 Å². The van der Waals surface area contributed by atoms with Gasteiger partial charge < -0.3 is 10.2 Å². The van der Waals surface area contributed by atoms with E-state index in [-0.39, 0.29) is 24.3 Å². The van der Waals surface area contributed by atoms with Crippen molar-refractivity contribution >= 4 is 11.8 Å². The van der Waals surface area contributed by atoms with E-state index in [2.05, 4.69) is 42.6 Å². The van der Waals surface area contributed by atoms with Crippen LogP contribution in [0.15, 0.2) is 72.8 Å². The molecule has 4 heteroatoms. The molecule has 0 bridgehead atoms. The van der Waals surface area contributed by atoms with Gasteiger partial charge in [-0.3, -0.25) is 9.59 Å². The summed E-state index contributed by atoms with van der Waals surface area (Å²) >= 11 is 0. The number of rotatable bonds is 9. The summed E-state index contributed by atoms with van der Waals surface area (Å²) in [4.78, 5) is 29.6. The minimum atomic E-state index is -0.578. The smallest absolute Gasteiger partial charge is 0.243 e. The van der Waals surface area contributed by atoms with E-state index in [0.29, 0.717) is 13.0 Å². The molecule has 0 saturated heterocycles. The molecule has 4 nitrogen and oxygen atoms in total. The van der Waals surface area contributed by atoms with Gasteiger partial charge >= 0.3 is 0 Å². The van der Waals surface area contributed by atoms with Gasteiger partial charge in [0.15, 0.2) is 0 Å². The van der Waals surface area contributed by atoms with Crippen LogP contribution in [0.1, 0.15) is 59.1 Å². The standard InChI is InChI=1S/C32H38N2O2/c1-23-17-18-25(3)28(19-23)21-31(35)34(22-27-14-8-7-11-24(27)2)30(20-26-12-5-4-6-13-26)32(36)33-29-15-9-10-16-29/h4-8,11-14,17-19,29-30H,9-10,15-16,20-22H2,1-3H3,(H,33,36). The van der Waals surface area contributed by atoms with Crippen molar-refractivity contribution in [3.8, 4) is 0 Å². The van der Waals surface area contributed by atoms with Crippen molar-refractivity contribution in [3.63, 3.8) is 0 Å². The van der Waals surface area contributed by atoms with E-state index in [0.717, 1.165) is 59.1 Å². The number of carbonyl (C=O) groups excluding carboxylic acids is 2. The molecule has 3 aromatic carbocycles. The molecule has 4 rings (SSSR count). The molecule has 1 N–H and O–H groups in total. The third kappa shape index (κ3) is 6.63. The van der Waals surface area contributed by atoms with Crippen molar-refractivity contribution in [2.24, 2.45) is 0 Å². The van der Waals surface area contributed by atoms with Crippen LogP contribution < -0.4 is 5.32 Å². The minimum Gasteiger partial charge on any atom is -0.352 e. The van der Waals surface area contributed by atoms with E-state index in [1.54, 1.807) is 0 Å². The molecule has 0 spiro atoms. The Morgan fingerprint density at radius 1 is 0.861 bits per heavy atom. The van der Waals surface area contributed by atoms with Crippen LogP contribution in [-0.4, -0.2) is 28.8 Å². The Hall–Kier alpha value is -3.40. The van der Waals surface area contributed by atoms with Gasteiger partial charge in [-0.2, -0.15) is 0 Å². The first-order chi connectivity index (χ1) is 17.4. The van der Waals surface area contributed by atoms with E-state index >= 15 is 0 Å². The minimum absolute atomic E-state index is 0.0190. The molecule has 1 aliphatic carbocycles. The third-order valence-corrected chi connectivity index (χ3v) is 7.42. The highest BCUT2D eigenvalue weighted by Crippen LogP contribution is 2.22. The maximum absolute atomic E-state index is 14.0. The summed E-state index contributed by atoms with van der Waals surface area (Å²) in [7, 11) is 0. The Morgan fingerprint density at radius 2 is 1.53 bits per heavy atom. The van der Waals surface area contributed by atoms with E-state index in [9.17, 15) is 9.59 Å². The number of amides is 2. The summed E-state index contributed by atoms with van der Waals surface area (Å²) in [6.07, 6.45) is 5.08. The molecular formula is C32H38N2O2. The Kier molecular flexibility index (Phi) is 8.58. The van der Waals surface area contributed by atoms with Crippen LogP contribution in [0.3, 0.4) is 0 Å². The van der Waals surface area contributed by atoms with Gasteiger partial charge in [0.2, 0.25) is 11.8 Å². The topological polar surface area (TPSA) is 49.4 Å². The Balaban J connectivity index is 1.69. The van der Waals surface area contributed by atoms with Crippen molar-refractivity contribution < 1.29 is 9.59 Å². The molecule has 0 radical (unpaired) electrons. The number of hydrogen-bond acceptors (Lipinski definition) is 2. The fourth-order valence-electron chi connectivity index (χ4n) is 5.15. The quantitative estimate of drug-likeness (QED) is 0.416. The van der Waals surface area contributed by atoms with Crippen molar-refractivity contribution in [2.75, 3.05) is 0 Å². The van der Waals surface area contributed by atoms with Crippen LogP contribution >= 0.6 is 0 Å². The monoisotopic (exact) mass is 482 g/mol. The molecule has 0 aliphatic heterocycles. The summed E-state index contributed by atoms with van der Waals surface area (Å²) in [5.74, 6) is -0.0666. The third-order valence-electron chi connectivity index (χ3n) is 7.42. The van der Waals surface area contributed by atoms with Gasteiger partial charge in [-0.1, -0.05) is 91.2 Å². The van der Waals surface area contributed by atoms with Crippen molar-refractivity contribution in [2.45, 2.75) is 77.9 Å². The van der Waals surface area contributed by atoms with Crippen LogP contribution in [0.5, 0.6) is 0 Å². The molecule has 1 fully saturated rings. The molecule has 2 amide bonds. The van der Waals surface area contributed by atoms with Crippen LogP contribution in [0, 0.1) is 20.8 Å². The lowest BCUT2D eigenvalue weighted by atomic mass is 9.98. The number of carbonyl (C=O) groups is 2. The number of nitrogens with zero attached hydrogens (tertiary/aromatic N) is 1. The zero-order valence-corrected chi connectivity index (χ0v) is 21.8. The number of hydrogen-bond donors (Lipinski definition) is 1. The first-order valence-electron chi connectivity index (χ1n) is 13.1. The second-order valence-electron chi connectivity index (χ2n) is 10.3. The summed E-state index contributed by atoms with van der Waals surface area (Å²) in [5, 5.41) is 3.29. The van der Waals surface area contributed by atoms with Gasteiger partial charge in [-0.15, -0.1) is 0 Å². The molecule has 1 atom stereocenters. The van der Waals surface area contributed by atoms with E-state index in [4.69, 9.17) is 0 Å². The van der Waals surface area contributed by atoms with Gasteiger partial charge in [0, 0.05) is 19.0 Å². The lowest BCUT2D eigenvalue weighted by Crippen LogP contribution is -2.52. The second-order valence-corrected chi connectivity index (χ2v) is 10.3. The average Bonchev–Trinajstić information content (AvgIpc) is 3.38. The van der Waals surface area contributed by atoms with Gasteiger partial charge in [0.25, 0.3) is 0 Å². The van der Waals surface area contributed by atoms with Gasteiger partial charge in [0.1, 0.15) is 6.04 Å². The van der Waals surface area contributed by atoms with Crippen molar-refractivity contribution in [1.82, 2.24) is 10.2 Å². The van der Waals surface area contributed by atoms with Crippen LogP contribution in [0.2, 0.25) is 0 Å². The maximum Gasteiger partial charge on any atom is 0.243 e. The summed E-state index contributed by atoms with van der Waals surface area (Å²) in [5.41, 5.74) is 6.49. The lowest BCUT2D eigenvalue weighted by Gasteiger charge is -2.33. The highest BCUT2D eigenvalue weighted by atomic mass is 16.2. The van der Waals surface area contributed by atoms with E-state index in [1.165, 1.54) is 0 Å². The molecule has 0 heterocycles. The molecule has 1 saturated carbocycles. The molecule has 36 heavy (non-hydrogen) atoms. The average molecular weight is 483 g/mol. The van der Waals surface area contributed by atoms with E-state index in [1.807, 2.05) is 61.2 Å². The fourth-order valence-corrected chi connectivity index (χ4v) is 5.15. The molecule has 188 valence electrons. The number of nitrogens with one attached hydrogen (secondary N) is 1. The first-order valence-corrected chi connectivity index (χ1v) is 13.1. The van der Waals surface area contributed by atoms with Crippen LogP contribution in [0.25, 0.3) is 0 Å². The Labute approximate surface area is 215 Å². The second kappa shape index (κ2) is 12.0. The van der Waals surface area contributed by atoms with Gasteiger partial charge in [-0.05, 0) is 61.4 Å². The van der Waals surface area contributed by atoms with Crippen LogP contribution in [0.4, 0.5) is 0 Å². The van der Waals surface area contributed by atoms with Crippen molar-refractivity contribution in [3.05, 3.63) is 106 Å². The van der Waals surface area contributed by atoms with E-state index < -0.39 is 6.04 Å². The molecule has 1 unspecified atom stereocenters. The predicted molar refractivity (Wildman–Crippen MR) is 146 cm³/mol. The zero-order chi connectivity index (χ0) is 25.5. The summed E-state index contributed by atoms with van der Waals surface area (Å²) < 4.78 is 0. The largest absolute Gasteiger partial charge is 0.352 e. The van der Waals surface area contributed by atoms with Gasteiger partial charge in [0.05, 0.1) is 6.42 Å². The number of benzene rings is 3. The maximum atomic E-state index is 14.0. The summed E-state index contributed by atoms with van der Waals surface area (Å²) in [6.45, 7) is 6.56. The number of aryl methyl sites for hydroxylation is 3. The molecule has 1 aliphatic rings. The highest BCUT2D eigenvalue weighted by Gasteiger charge is 2.32. The summed E-state index contributed by atoms with van der Waals surface area (Å²) in [6, 6.07) is 24.0. The fraction of sp³-hybridized carbons (Fsp3) is 0.375. The molecule has 0 aromatic heterocycles. The van der Waals surface area contributed by atoms with Crippen LogP contribution in [-0.2, 0) is 29.0 Å². The molecular weight excluding hydrogens is 444 g/mol. The normalized spacial score (nSPS) is 14.4. The zero-order valence-electron chi connectivity index (χ0n) is 21.8. The SMILES string of the molecule is Cc1ccc(C)c(CC(=O)N(Cc2ccccc2C)C(Cc2ccccc2)C(=O)NC2CCCC2)c1. The predicted octanol–water partition coefficient (Wildman–Crippen LogP) is 5.85. The highest BCUT2D eigenvalue weighted by molar-refractivity contribution is 5.89. The first kappa shape index (κ1) is 25.7. The molecule has 3 aromatic rings. The van der Waals surface area contributed by atoms with Crippen molar-refractivity contribution in [1.29, 1.82) is 0 Å². The Morgan fingerprint density at radius 3 is 2.25 bits per heavy atom. The lowest BCUT2D eigenvalue weighted by molar-refractivity contribution is -0.141.